The van der Waals surface area contributed by atoms with E-state index in [0.29, 0.717) is 11.7 Å². The summed E-state index contributed by atoms with van der Waals surface area (Å²) in [6, 6.07) is 9.93. The van der Waals surface area contributed by atoms with Gasteiger partial charge in [0.05, 0.1) is 11.8 Å². The number of hydrogen-bond acceptors (Lipinski definition) is 3. The summed E-state index contributed by atoms with van der Waals surface area (Å²) in [5, 5.41) is 8.65. The number of benzene rings is 1. The van der Waals surface area contributed by atoms with Crippen molar-refractivity contribution in [3.05, 3.63) is 29.8 Å². The summed E-state index contributed by atoms with van der Waals surface area (Å²) >= 11 is 1.47. The maximum absolute atomic E-state index is 12.7. The number of thioether (sulfide) groups is 1. The lowest BCUT2D eigenvalue weighted by molar-refractivity contribution is 0.0693. The third-order valence-electron chi connectivity index (χ3n) is 3.98. The normalized spacial score (nSPS) is 20.1. The minimum atomic E-state index is 0.100. The molecule has 1 aromatic rings. The van der Waals surface area contributed by atoms with E-state index < -0.39 is 0 Å². The minimum Gasteiger partial charge on any atom is -0.336 e. The highest BCUT2D eigenvalue weighted by molar-refractivity contribution is 7.99. The van der Waals surface area contributed by atoms with E-state index in [0.717, 1.165) is 22.9 Å². The van der Waals surface area contributed by atoms with Crippen LogP contribution < -0.4 is 0 Å². The second-order valence-electron chi connectivity index (χ2n) is 6.00. The second-order valence-corrected chi connectivity index (χ2v) is 7.05. The molecule has 1 aliphatic carbocycles. The highest BCUT2D eigenvalue weighted by atomic mass is 32.2. The minimum absolute atomic E-state index is 0.100. The molecule has 0 aromatic heterocycles. The van der Waals surface area contributed by atoms with Crippen LogP contribution in [0.25, 0.3) is 0 Å². The maximum atomic E-state index is 12.7. The van der Waals surface area contributed by atoms with Crippen LogP contribution in [0, 0.1) is 23.2 Å². The van der Waals surface area contributed by atoms with Crippen LogP contribution in [0.15, 0.2) is 29.2 Å². The van der Waals surface area contributed by atoms with Crippen molar-refractivity contribution < 1.29 is 4.79 Å². The van der Waals surface area contributed by atoms with Gasteiger partial charge in [-0.1, -0.05) is 13.0 Å². The lowest BCUT2D eigenvalue weighted by atomic mass is 10.1. The van der Waals surface area contributed by atoms with Gasteiger partial charge in [-0.15, -0.1) is 11.8 Å². The number of hydrogen-bond donors (Lipinski definition) is 0. The molecule has 21 heavy (non-hydrogen) atoms. The van der Waals surface area contributed by atoms with E-state index in [1.54, 1.807) is 0 Å². The largest absolute Gasteiger partial charge is 0.336 e. The molecule has 2 rings (SSSR count). The van der Waals surface area contributed by atoms with E-state index in [9.17, 15) is 4.79 Å². The molecule has 112 valence electrons. The van der Waals surface area contributed by atoms with Gasteiger partial charge in [0.1, 0.15) is 0 Å². The van der Waals surface area contributed by atoms with Crippen molar-refractivity contribution in [1.82, 2.24) is 4.90 Å². The van der Waals surface area contributed by atoms with Gasteiger partial charge in [-0.25, -0.2) is 0 Å². The summed E-state index contributed by atoms with van der Waals surface area (Å²) in [4.78, 5) is 15.7. The number of amides is 1. The molecule has 0 radical (unpaired) electrons. The summed E-state index contributed by atoms with van der Waals surface area (Å²) in [5.41, 5.74) is 0.722. The molecule has 0 heterocycles. The molecule has 1 aromatic carbocycles. The average molecular weight is 302 g/mol. The molecular formula is C17H22N2OS. The number of carbonyl (C=O) groups is 1. The number of nitrogens with zero attached hydrogens (tertiary/aromatic N) is 2. The molecule has 1 saturated carbocycles. The molecule has 1 aliphatic rings. The van der Waals surface area contributed by atoms with Gasteiger partial charge in [0, 0.05) is 23.0 Å². The van der Waals surface area contributed by atoms with Crippen LogP contribution in [-0.4, -0.2) is 29.1 Å². The molecule has 0 N–H and O–H groups in total. The molecule has 1 fully saturated rings. The third kappa shape index (κ3) is 4.25. The van der Waals surface area contributed by atoms with Crippen LogP contribution in [0.4, 0.5) is 0 Å². The number of carbonyl (C=O) groups excluding carboxylic acids is 1. The maximum Gasteiger partial charge on any atom is 0.254 e. The molecule has 1 amide bonds. The fraction of sp³-hybridized carbons (Fsp3) is 0.529. The summed E-state index contributed by atoms with van der Waals surface area (Å²) in [5.74, 6) is 1.91. The molecule has 2 atom stereocenters. The molecule has 4 heteroatoms. The molecule has 0 aliphatic heterocycles. The summed E-state index contributed by atoms with van der Waals surface area (Å²) in [6.07, 6.45) is 1.23. The van der Waals surface area contributed by atoms with Gasteiger partial charge in [-0.05, 0) is 50.3 Å². The Morgan fingerprint density at radius 2 is 2.24 bits per heavy atom. The Morgan fingerprint density at radius 1 is 1.52 bits per heavy atom. The van der Waals surface area contributed by atoms with E-state index in [2.05, 4.69) is 26.8 Å². The number of nitriles is 1. The first kappa shape index (κ1) is 15.9. The quantitative estimate of drug-likeness (QED) is 0.751. The Balaban J connectivity index is 2.10. The van der Waals surface area contributed by atoms with E-state index in [1.807, 2.05) is 29.2 Å². The first-order valence-corrected chi connectivity index (χ1v) is 8.42. The van der Waals surface area contributed by atoms with Crippen LogP contribution in [0.5, 0.6) is 0 Å². The molecule has 0 bridgehead atoms. The number of rotatable bonds is 6. The van der Waals surface area contributed by atoms with Crippen molar-refractivity contribution in [2.45, 2.75) is 38.1 Å². The highest BCUT2D eigenvalue weighted by Gasteiger charge is 2.36. The topological polar surface area (TPSA) is 44.1 Å². The third-order valence-corrected chi connectivity index (χ3v) is 4.84. The van der Waals surface area contributed by atoms with E-state index in [4.69, 9.17) is 5.26 Å². The SMILES string of the molecule is CC(C)N(C[C@H]1C[C@H]1C)C(=O)c1cccc(SCC#N)c1. The average Bonchev–Trinajstić information content (AvgIpc) is 3.17. The summed E-state index contributed by atoms with van der Waals surface area (Å²) in [7, 11) is 0. The predicted octanol–water partition coefficient (Wildman–Crippen LogP) is 3.81. The predicted molar refractivity (Wildman–Crippen MR) is 86.2 cm³/mol. The van der Waals surface area contributed by atoms with Gasteiger partial charge in [0.15, 0.2) is 0 Å². The Bertz CT molecular complexity index is 550. The van der Waals surface area contributed by atoms with Crippen molar-refractivity contribution in [3.63, 3.8) is 0 Å². The molecule has 0 unspecified atom stereocenters. The van der Waals surface area contributed by atoms with Gasteiger partial charge in [-0.3, -0.25) is 4.79 Å². The fourth-order valence-electron chi connectivity index (χ4n) is 2.43. The van der Waals surface area contributed by atoms with E-state index >= 15 is 0 Å². The van der Waals surface area contributed by atoms with Crippen molar-refractivity contribution in [1.29, 1.82) is 5.26 Å². The summed E-state index contributed by atoms with van der Waals surface area (Å²) in [6.45, 7) is 7.23. The van der Waals surface area contributed by atoms with Crippen molar-refractivity contribution in [2.24, 2.45) is 11.8 Å². The molecule has 0 saturated heterocycles. The van der Waals surface area contributed by atoms with Gasteiger partial charge >= 0.3 is 0 Å². The van der Waals surface area contributed by atoms with E-state index in [1.165, 1.54) is 18.2 Å². The van der Waals surface area contributed by atoms with Gasteiger partial charge in [0.25, 0.3) is 5.91 Å². The zero-order chi connectivity index (χ0) is 15.4. The lowest BCUT2D eigenvalue weighted by Gasteiger charge is -2.27. The van der Waals surface area contributed by atoms with Crippen LogP contribution in [0.3, 0.4) is 0 Å². The molecular weight excluding hydrogens is 280 g/mol. The van der Waals surface area contributed by atoms with Gasteiger partial charge < -0.3 is 4.90 Å². The second kappa shape index (κ2) is 7.00. The van der Waals surface area contributed by atoms with Crippen LogP contribution in [0.1, 0.15) is 37.6 Å². The highest BCUT2D eigenvalue weighted by Crippen LogP contribution is 2.38. The van der Waals surface area contributed by atoms with Crippen molar-refractivity contribution >= 4 is 17.7 Å². The van der Waals surface area contributed by atoms with Gasteiger partial charge in [-0.2, -0.15) is 5.26 Å². The zero-order valence-electron chi connectivity index (χ0n) is 12.9. The van der Waals surface area contributed by atoms with Crippen LogP contribution >= 0.6 is 11.8 Å². The Hall–Kier alpha value is -1.47. The van der Waals surface area contributed by atoms with E-state index in [-0.39, 0.29) is 11.9 Å². The Morgan fingerprint density at radius 3 is 2.81 bits per heavy atom. The fourth-order valence-corrected chi connectivity index (χ4v) is 3.05. The van der Waals surface area contributed by atoms with Crippen molar-refractivity contribution in [2.75, 3.05) is 12.3 Å². The summed E-state index contributed by atoms with van der Waals surface area (Å²) < 4.78 is 0. The molecule has 3 nitrogen and oxygen atoms in total. The first-order valence-electron chi connectivity index (χ1n) is 7.43. The molecule has 0 spiro atoms. The standard InChI is InChI=1S/C17H22N2OS/c1-12(2)19(11-15-9-13(15)3)17(20)14-5-4-6-16(10-14)21-8-7-18/h4-6,10,12-13,15H,8-9,11H2,1-3H3/t13-,15-/m1/s1. The van der Waals surface area contributed by atoms with Crippen LogP contribution in [-0.2, 0) is 0 Å². The Kier molecular flexibility index (Phi) is 5.30. The first-order chi connectivity index (χ1) is 10.0. The van der Waals surface area contributed by atoms with Gasteiger partial charge in [0.2, 0.25) is 0 Å². The zero-order valence-corrected chi connectivity index (χ0v) is 13.7. The smallest absolute Gasteiger partial charge is 0.254 e. The monoisotopic (exact) mass is 302 g/mol. The lowest BCUT2D eigenvalue weighted by Crippen LogP contribution is -2.38. The van der Waals surface area contributed by atoms with Crippen molar-refractivity contribution in [3.8, 4) is 6.07 Å². The Labute approximate surface area is 131 Å². The van der Waals surface area contributed by atoms with Crippen LogP contribution in [0.2, 0.25) is 0 Å².